The van der Waals surface area contributed by atoms with E-state index in [0.717, 1.165) is 56.1 Å². The van der Waals surface area contributed by atoms with Crippen LogP contribution in [0.3, 0.4) is 0 Å². The van der Waals surface area contributed by atoms with Crippen molar-refractivity contribution in [3.05, 3.63) is 261 Å². The van der Waals surface area contributed by atoms with Gasteiger partial charge in [-0.05, 0) is 87.0 Å². The minimum Gasteiger partial charge on any atom is -0.455 e. The number of fused-ring (bicyclic) bond motifs is 5. The van der Waals surface area contributed by atoms with Crippen molar-refractivity contribution >= 4 is 38.4 Å². The summed E-state index contributed by atoms with van der Waals surface area (Å²) in [6, 6.07) is 66.2. The SMILES string of the molecule is C=C/C=C\C.C=CC=C.CC.CC.NC(N/C(=C\Cc1cccc(-c2cccc(-c3cccc4oc5c6ccccc6ccc5c34)c2)c1)c1ccc(-c2ccccc2)cc1)c1ccccc1. The molecule has 8 aromatic carbocycles. The lowest BCUT2D eigenvalue weighted by Crippen LogP contribution is -2.27. The summed E-state index contributed by atoms with van der Waals surface area (Å²) in [5, 5.41) is 8.22. The number of furan rings is 1. The molecule has 9 aromatic rings. The van der Waals surface area contributed by atoms with Crippen LogP contribution < -0.4 is 11.1 Å². The molecule has 0 fully saturated rings. The topological polar surface area (TPSA) is 51.2 Å². The molecule has 0 saturated heterocycles. The van der Waals surface area contributed by atoms with Crippen LogP contribution in [0, 0.1) is 0 Å². The van der Waals surface area contributed by atoms with Crippen molar-refractivity contribution in [1.82, 2.24) is 5.32 Å². The van der Waals surface area contributed by atoms with Crippen LogP contribution in [0.1, 0.15) is 57.5 Å². The minimum absolute atomic E-state index is 0.346. The summed E-state index contributed by atoms with van der Waals surface area (Å²) < 4.78 is 6.49. The van der Waals surface area contributed by atoms with Crippen molar-refractivity contribution in [3.8, 4) is 33.4 Å². The number of nitrogens with one attached hydrogen (secondary N) is 1. The van der Waals surface area contributed by atoms with E-state index in [4.69, 9.17) is 10.2 Å². The highest BCUT2D eigenvalue weighted by Gasteiger charge is 2.15. The Morgan fingerprint density at radius 1 is 0.561 bits per heavy atom. The van der Waals surface area contributed by atoms with E-state index in [1.807, 2.05) is 71.0 Å². The lowest BCUT2D eigenvalue weighted by atomic mass is 9.94. The van der Waals surface area contributed by atoms with Crippen LogP contribution >= 0.6 is 0 Å². The molecule has 0 aliphatic heterocycles. The highest BCUT2D eigenvalue weighted by Crippen LogP contribution is 2.40. The Hall–Kier alpha value is -7.72. The fraction of sp³-hybridized carbons (Fsp3) is 0.111. The van der Waals surface area contributed by atoms with Gasteiger partial charge in [0.1, 0.15) is 17.3 Å². The fourth-order valence-corrected chi connectivity index (χ4v) is 7.54. The zero-order valence-corrected chi connectivity index (χ0v) is 39.3. The lowest BCUT2D eigenvalue weighted by Gasteiger charge is -2.19. The number of hydrogen-bond acceptors (Lipinski definition) is 3. The monoisotopic (exact) mass is 865 g/mol. The van der Waals surface area contributed by atoms with Crippen molar-refractivity contribution in [1.29, 1.82) is 0 Å². The molecular formula is C63H64N2O. The van der Waals surface area contributed by atoms with Crippen LogP contribution in [0.25, 0.3) is 71.8 Å². The third-order valence-electron chi connectivity index (χ3n) is 10.6. The molecule has 1 atom stereocenters. The molecule has 0 saturated carbocycles. The average molecular weight is 865 g/mol. The molecule has 9 rings (SSSR count). The molecule has 1 heterocycles. The number of allylic oxidation sites excluding steroid dienone is 6. The van der Waals surface area contributed by atoms with Gasteiger partial charge in [0.05, 0.1) is 0 Å². The Morgan fingerprint density at radius 2 is 1.15 bits per heavy atom. The Labute approximate surface area is 393 Å². The first-order valence-corrected chi connectivity index (χ1v) is 22.9. The maximum Gasteiger partial charge on any atom is 0.143 e. The lowest BCUT2D eigenvalue weighted by molar-refractivity contribution is 0.666. The highest BCUT2D eigenvalue weighted by atomic mass is 16.3. The van der Waals surface area contributed by atoms with Gasteiger partial charge >= 0.3 is 0 Å². The van der Waals surface area contributed by atoms with E-state index in [1.165, 1.54) is 38.8 Å². The third-order valence-corrected chi connectivity index (χ3v) is 10.6. The summed E-state index contributed by atoms with van der Waals surface area (Å²) in [6.45, 7) is 20.1. The van der Waals surface area contributed by atoms with Crippen LogP contribution in [0.15, 0.2) is 249 Å². The van der Waals surface area contributed by atoms with E-state index < -0.39 is 0 Å². The van der Waals surface area contributed by atoms with Gasteiger partial charge in [-0.1, -0.05) is 254 Å². The summed E-state index contributed by atoms with van der Waals surface area (Å²) in [5.74, 6) is 0. The van der Waals surface area contributed by atoms with Crippen LogP contribution in [-0.2, 0) is 6.42 Å². The Morgan fingerprint density at radius 3 is 1.82 bits per heavy atom. The third kappa shape index (κ3) is 12.7. The molecule has 3 N–H and O–H groups in total. The van der Waals surface area contributed by atoms with Crippen molar-refractivity contribution in [2.24, 2.45) is 5.73 Å². The maximum atomic E-state index is 6.71. The molecule has 3 heteroatoms. The molecule has 0 aliphatic carbocycles. The summed E-state index contributed by atoms with van der Waals surface area (Å²) in [4.78, 5) is 0. The van der Waals surface area contributed by atoms with Crippen LogP contribution in [0.5, 0.6) is 0 Å². The Balaban J connectivity index is 0.000000564. The number of rotatable bonds is 11. The normalized spacial score (nSPS) is 11.1. The number of benzene rings is 8. The minimum atomic E-state index is -0.346. The molecule has 66 heavy (non-hydrogen) atoms. The number of nitrogens with two attached hydrogens (primary N) is 1. The summed E-state index contributed by atoms with van der Waals surface area (Å²) in [7, 11) is 0. The molecule has 0 aliphatic rings. The summed E-state index contributed by atoms with van der Waals surface area (Å²) in [6.07, 6.45) is 11.5. The van der Waals surface area contributed by atoms with Crippen LogP contribution in [0.4, 0.5) is 0 Å². The second-order valence-electron chi connectivity index (χ2n) is 14.8. The van der Waals surface area contributed by atoms with Crippen LogP contribution in [0.2, 0.25) is 0 Å². The molecule has 1 unspecified atom stereocenters. The Bertz CT molecular complexity index is 2970. The van der Waals surface area contributed by atoms with Gasteiger partial charge in [0.2, 0.25) is 0 Å². The summed E-state index contributed by atoms with van der Waals surface area (Å²) >= 11 is 0. The van der Waals surface area contributed by atoms with E-state index in [9.17, 15) is 0 Å². The van der Waals surface area contributed by atoms with Gasteiger partial charge in [0.25, 0.3) is 0 Å². The van der Waals surface area contributed by atoms with Gasteiger partial charge in [0, 0.05) is 21.9 Å². The predicted molar refractivity (Wildman–Crippen MR) is 290 cm³/mol. The fourth-order valence-electron chi connectivity index (χ4n) is 7.54. The predicted octanol–water partition coefficient (Wildman–Crippen LogP) is 17.7. The quantitative estimate of drug-likeness (QED) is 0.101. The first kappa shape index (κ1) is 49.3. The second-order valence-corrected chi connectivity index (χ2v) is 14.8. The van der Waals surface area contributed by atoms with E-state index in [2.05, 4.69) is 195 Å². The van der Waals surface area contributed by atoms with Crippen molar-refractivity contribution in [2.75, 3.05) is 0 Å². The van der Waals surface area contributed by atoms with Crippen molar-refractivity contribution in [3.63, 3.8) is 0 Å². The second kappa shape index (κ2) is 26.2. The van der Waals surface area contributed by atoms with Gasteiger partial charge in [-0.25, -0.2) is 0 Å². The van der Waals surface area contributed by atoms with Gasteiger partial charge < -0.3 is 15.5 Å². The van der Waals surface area contributed by atoms with Crippen LogP contribution in [-0.4, -0.2) is 0 Å². The standard InChI is InChI=1S/C50H38N2O.C5H8.C4H6.2C2H6/c51-50(39-16-5-2-6-17-39)52-46(38-27-25-36(26-28-38)35-13-3-1-4-14-35)31-24-34-12-9-18-40(32-34)41-19-10-20-42(33-41)43-22-11-23-47-48(43)45-30-29-37-15-7-8-21-44(37)49(45)53-47;1-3-5-4-2;1-3-4-2;2*1-2/h1-23,25-33,50,52H,24,51H2;3-5H,1H2,2H3;3-4H,1-2H2;2*1-2H3/b46-31-;5-4-;;;. The Kier molecular flexibility index (Phi) is 19.5. The average Bonchev–Trinajstić information content (AvgIpc) is 3.80. The van der Waals surface area contributed by atoms with Gasteiger partial charge in [-0.3, -0.25) is 0 Å². The van der Waals surface area contributed by atoms with E-state index in [1.54, 1.807) is 18.2 Å². The van der Waals surface area contributed by atoms with E-state index in [0.29, 0.717) is 0 Å². The first-order valence-electron chi connectivity index (χ1n) is 22.9. The maximum absolute atomic E-state index is 6.71. The molecule has 0 spiro atoms. The molecule has 0 amide bonds. The molecule has 332 valence electrons. The largest absolute Gasteiger partial charge is 0.455 e. The molecule has 0 bridgehead atoms. The zero-order valence-electron chi connectivity index (χ0n) is 39.3. The smallest absolute Gasteiger partial charge is 0.143 e. The number of hydrogen-bond donors (Lipinski definition) is 2. The highest BCUT2D eigenvalue weighted by molar-refractivity contribution is 6.19. The van der Waals surface area contributed by atoms with Crippen molar-refractivity contribution in [2.45, 2.75) is 47.2 Å². The van der Waals surface area contributed by atoms with Gasteiger partial charge in [-0.2, -0.15) is 0 Å². The van der Waals surface area contributed by atoms with Crippen molar-refractivity contribution < 1.29 is 4.42 Å². The zero-order chi connectivity index (χ0) is 47.1. The van der Waals surface area contributed by atoms with E-state index >= 15 is 0 Å². The molecular weight excluding hydrogens is 801 g/mol. The van der Waals surface area contributed by atoms with Gasteiger partial charge in [0.15, 0.2) is 0 Å². The van der Waals surface area contributed by atoms with Gasteiger partial charge in [-0.15, -0.1) is 0 Å². The molecule has 1 aromatic heterocycles. The van der Waals surface area contributed by atoms with E-state index in [-0.39, 0.29) is 6.17 Å². The summed E-state index contributed by atoms with van der Waals surface area (Å²) in [5.41, 5.74) is 20.0. The first-order chi connectivity index (χ1) is 32.5. The molecule has 3 nitrogen and oxygen atoms in total. The molecule has 0 radical (unpaired) electrons.